The van der Waals surface area contributed by atoms with Crippen LogP contribution in [0.25, 0.3) is 0 Å². The number of aliphatic carboxylic acids is 1. The van der Waals surface area contributed by atoms with Gasteiger partial charge in [-0.3, -0.25) is 4.79 Å². The van der Waals surface area contributed by atoms with Gasteiger partial charge in [-0.25, -0.2) is 4.79 Å². The normalized spacial score (nSPS) is 21.7. The van der Waals surface area contributed by atoms with Gasteiger partial charge in [0.25, 0.3) is 0 Å². The minimum absolute atomic E-state index is 0.0342. The van der Waals surface area contributed by atoms with Gasteiger partial charge in [-0.1, -0.05) is 12.1 Å². The van der Waals surface area contributed by atoms with Crippen LogP contribution in [0.2, 0.25) is 0 Å². The molecule has 2 unspecified atom stereocenters. The molecule has 0 amide bonds. The molecule has 0 radical (unpaired) electrons. The Bertz CT molecular complexity index is 1060. The zero-order valence-electron chi connectivity index (χ0n) is 15.9. The highest BCUT2D eigenvalue weighted by Crippen LogP contribution is 2.49. The molecule has 8 heteroatoms. The fraction of sp³-hybridized carbons (Fsp3) is 0.182. The summed E-state index contributed by atoms with van der Waals surface area (Å²) in [7, 11) is 1.50. The summed E-state index contributed by atoms with van der Waals surface area (Å²) in [5.74, 6) is -1.95. The van der Waals surface area contributed by atoms with Crippen molar-refractivity contribution in [2.45, 2.75) is 11.5 Å². The van der Waals surface area contributed by atoms with E-state index in [2.05, 4.69) is 0 Å². The number of benzene rings is 1. The van der Waals surface area contributed by atoms with Crippen molar-refractivity contribution < 1.29 is 38.4 Å². The third kappa shape index (κ3) is 3.17. The van der Waals surface area contributed by atoms with E-state index in [9.17, 15) is 19.8 Å². The molecule has 0 fully saturated rings. The molecular formula is C22H18O8. The van der Waals surface area contributed by atoms with Crippen LogP contribution in [0.5, 0.6) is 5.75 Å². The molecule has 0 spiro atoms. The molecule has 0 saturated heterocycles. The number of hydrogen-bond acceptors (Lipinski definition) is 7. The average Bonchev–Trinajstić information content (AvgIpc) is 3.45. The summed E-state index contributed by atoms with van der Waals surface area (Å²) in [6.07, 6.45) is 6.38. The Morgan fingerprint density at radius 2 is 1.97 bits per heavy atom. The van der Waals surface area contributed by atoms with Crippen molar-refractivity contribution in [3.05, 3.63) is 89.3 Å². The van der Waals surface area contributed by atoms with Crippen molar-refractivity contribution in [1.29, 1.82) is 0 Å². The fourth-order valence-corrected chi connectivity index (χ4v) is 3.70. The molecule has 2 heterocycles. The molecule has 2 aliphatic rings. The number of ether oxygens (including phenoxy) is 3. The molecular weight excluding hydrogens is 392 g/mol. The first-order valence-electron chi connectivity index (χ1n) is 9.00. The Balaban J connectivity index is 1.94. The molecule has 2 N–H and O–H groups in total. The second-order valence-corrected chi connectivity index (χ2v) is 6.74. The van der Waals surface area contributed by atoms with E-state index in [4.69, 9.17) is 18.6 Å². The lowest BCUT2D eigenvalue weighted by Gasteiger charge is -2.37. The second-order valence-electron chi connectivity index (χ2n) is 6.74. The number of carbonyl (C=O) groups excluding carboxylic acids is 1. The van der Waals surface area contributed by atoms with Crippen LogP contribution in [0.15, 0.2) is 82.6 Å². The molecule has 1 aliphatic heterocycles. The highest BCUT2D eigenvalue weighted by atomic mass is 16.7. The van der Waals surface area contributed by atoms with Crippen LogP contribution in [0.3, 0.4) is 0 Å². The summed E-state index contributed by atoms with van der Waals surface area (Å²) in [6, 6.07) is 7.94. The van der Waals surface area contributed by atoms with E-state index in [1.807, 2.05) is 0 Å². The summed E-state index contributed by atoms with van der Waals surface area (Å²) in [5, 5.41) is 21.7. The fourth-order valence-electron chi connectivity index (χ4n) is 3.70. The zero-order valence-corrected chi connectivity index (χ0v) is 15.9. The van der Waals surface area contributed by atoms with Crippen LogP contribution in [0.4, 0.5) is 0 Å². The predicted molar refractivity (Wildman–Crippen MR) is 102 cm³/mol. The number of hydrogen-bond donors (Lipinski definition) is 2. The van der Waals surface area contributed by atoms with Crippen molar-refractivity contribution in [3.63, 3.8) is 0 Å². The van der Waals surface area contributed by atoms with E-state index in [0.717, 1.165) is 6.08 Å². The van der Waals surface area contributed by atoms with Gasteiger partial charge in [-0.05, 0) is 41.5 Å². The summed E-state index contributed by atoms with van der Waals surface area (Å²) < 4.78 is 21.1. The first-order valence-corrected chi connectivity index (χ1v) is 9.00. The lowest BCUT2D eigenvalue weighted by atomic mass is 9.69. The maximum Gasteiger partial charge on any atom is 0.335 e. The quantitative estimate of drug-likeness (QED) is 0.747. The number of allylic oxidation sites excluding steroid dienone is 3. The molecule has 4 rings (SSSR count). The van der Waals surface area contributed by atoms with Gasteiger partial charge in [0.15, 0.2) is 5.78 Å². The van der Waals surface area contributed by atoms with Gasteiger partial charge in [0.2, 0.25) is 6.79 Å². The van der Waals surface area contributed by atoms with E-state index in [1.165, 1.54) is 32.0 Å². The second kappa shape index (κ2) is 7.57. The summed E-state index contributed by atoms with van der Waals surface area (Å²) in [4.78, 5) is 24.5. The Morgan fingerprint density at radius 1 is 1.20 bits per heavy atom. The first kappa shape index (κ1) is 19.5. The molecule has 2 aromatic rings. The van der Waals surface area contributed by atoms with Gasteiger partial charge in [0.1, 0.15) is 23.4 Å². The third-order valence-corrected chi connectivity index (χ3v) is 5.10. The third-order valence-electron chi connectivity index (χ3n) is 5.10. The van der Waals surface area contributed by atoms with Crippen LogP contribution in [0, 0.1) is 0 Å². The molecule has 1 aromatic heterocycles. The van der Waals surface area contributed by atoms with Crippen LogP contribution in [0.1, 0.15) is 17.0 Å². The molecule has 8 nitrogen and oxygen atoms in total. The number of carbonyl (C=O) groups is 2. The molecule has 0 bridgehead atoms. The van der Waals surface area contributed by atoms with Gasteiger partial charge in [-0.15, -0.1) is 0 Å². The Morgan fingerprint density at radius 3 is 2.53 bits per heavy atom. The predicted octanol–water partition coefficient (Wildman–Crippen LogP) is 2.63. The van der Waals surface area contributed by atoms with E-state index in [0.29, 0.717) is 17.1 Å². The number of aliphatic hydroxyl groups is 1. The van der Waals surface area contributed by atoms with Gasteiger partial charge in [0, 0.05) is 5.56 Å². The highest BCUT2D eigenvalue weighted by molar-refractivity contribution is 6.09. The van der Waals surface area contributed by atoms with Crippen LogP contribution < -0.4 is 4.74 Å². The molecule has 0 saturated carbocycles. The number of carboxylic acids is 1. The van der Waals surface area contributed by atoms with Crippen molar-refractivity contribution in [1.82, 2.24) is 0 Å². The van der Waals surface area contributed by atoms with Crippen molar-refractivity contribution >= 4 is 11.8 Å². The Hall–Kier alpha value is -3.78. The lowest BCUT2D eigenvalue weighted by molar-refractivity contribution is -0.135. The lowest BCUT2D eigenvalue weighted by Crippen LogP contribution is -2.40. The number of rotatable bonds is 6. The maximum atomic E-state index is 12.4. The van der Waals surface area contributed by atoms with E-state index in [1.54, 1.807) is 30.3 Å². The molecule has 1 aliphatic carbocycles. The van der Waals surface area contributed by atoms with E-state index < -0.39 is 28.8 Å². The van der Waals surface area contributed by atoms with Gasteiger partial charge in [0.05, 0.1) is 31.1 Å². The number of furan rings is 1. The van der Waals surface area contributed by atoms with Gasteiger partial charge in [-0.2, -0.15) is 0 Å². The largest absolute Gasteiger partial charge is 0.497 e. The van der Waals surface area contributed by atoms with Gasteiger partial charge < -0.3 is 28.8 Å². The minimum atomic E-state index is -2.12. The standard InChI is InChI=1S/C22H18O8/c1-27-16-4-2-14(3-5-16)22(26)17(8-15(23)9-18(22)21(24)25)20(13-6-7-28-10-13)19-11-29-12-30-19/h2-11,20,26H,12H2,1H3,(H,24,25). The zero-order chi connectivity index (χ0) is 21.3. The monoisotopic (exact) mass is 410 g/mol. The molecule has 30 heavy (non-hydrogen) atoms. The average molecular weight is 410 g/mol. The minimum Gasteiger partial charge on any atom is -0.497 e. The molecule has 154 valence electrons. The van der Waals surface area contributed by atoms with Crippen molar-refractivity contribution in [2.24, 2.45) is 0 Å². The maximum absolute atomic E-state index is 12.4. The Kier molecular flexibility index (Phi) is 4.93. The van der Waals surface area contributed by atoms with E-state index >= 15 is 0 Å². The van der Waals surface area contributed by atoms with Crippen molar-refractivity contribution in [3.8, 4) is 5.75 Å². The van der Waals surface area contributed by atoms with E-state index in [-0.39, 0.29) is 17.9 Å². The van der Waals surface area contributed by atoms with Crippen molar-refractivity contribution in [2.75, 3.05) is 13.9 Å². The van der Waals surface area contributed by atoms with Crippen LogP contribution in [-0.2, 0) is 24.7 Å². The SMILES string of the molecule is COc1ccc(C2(O)C(C(=O)O)=CC(=O)C=C2C(C2=COCO2)c2ccoc2)cc1. The topological polar surface area (TPSA) is 115 Å². The summed E-state index contributed by atoms with van der Waals surface area (Å²) in [6.45, 7) is -0.0342. The van der Waals surface area contributed by atoms with Gasteiger partial charge >= 0.3 is 5.97 Å². The molecule has 2 atom stereocenters. The van der Waals surface area contributed by atoms with Crippen LogP contribution >= 0.6 is 0 Å². The highest BCUT2D eigenvalue weighted by Gasteiger charge is 2.49. The summed E-state index contributed by atoms with van der Waals surface area (Å²) in [5.41, 5.74) is -1.67. The Labute approximate surface area is 171 Å². The number of carboxylic acid groups (broad SMARTS) is 1. The smallest absolute Gasteiger partial charge is 0.335 e. The number of methoxy groups -OCH3 is 1. The first-order chi connectivity index (χ1) is 14.4. The van der Waals surface area contributed by atoms with Crippen LogP contribution in [-0.4, -0.2) is 35.9 Å². The number of ketones is 1. The molecule has 1 aromatic carbocycles. The summed E-state index contributed by atoms with van der Waals surface area (Å²) >= 11 is 0.